The molecule has 0 aliphatic heterocycles. The fourth-order valence-electron chi connectivity index (χ4n) is 1.48. The summed E-state index contributed by atoms with van der Waals surface area (Å²) in [6.45, 7) is 0.834. The van der Waals surface area contributed by atoms with Crippen LogP contribution in [0.5, 0.6) is 0 Å². The number of nitrogens with zero attached hydrogens (tertiary/aromatic N) is 1. The Kier molecular flexibility index (Phi) is 3.78. The van der Waals surface area contributed by atoms with Crippen LogP contribution in [0, 0.1) is 0 Å². The first-order valence-corrected chi connectivity index (χ1v) is 5.62. The molecule has 1 aromatic carbocycles. The number of halogens is 1. The molecule has 0 aliphatic rings. The molecule has 0 aliphatic carbocycles. The number of hydrogen-bond acceptors (Lipinski definition) is 2. The molecular formula is C13H13ClN2. The normalized spacial score (nSPS) is 10.1. The summed E-state index contributed by atoms with van der Waals surface area (Å²) in [5.41, 5.74) is 2.06. The molecule has 0 fully saturated rings. The summed E-state index contributed by atoms with van der Waals surface area (Å²) in [5, 5.41) is 4.04. The Labute approximate surface area is 100 Å². The van der Waals surface area contributed by atoms with Crippen molar-refractivity contribution < 1.29 is 0 Å². The molecule has 1 N–H and O–H groups in total. The molecule has 82 valence electrons. The van der Waals surface area contributed by atoms with Gasteiger partial charge in [0.1, 0.15) is 0 Å². The molecule has 0 amide bonds. The average Bonchev–Trinajstić information content (AvgIpc) is 2.33. The lowest BCUT2D eigenvalue weighted by atomic mass is 10.2. The van der Waals surface area contributed by atoms with E-state index in [2.05, 4.69) is 10.3 Å². The van der Waals surface area contributed by atoms with Crippen molar-refractivity contribution in [2.45, 2.75) is 6.42 Å². The Morgan fingerprint density at radius 2 is 1.88 bits per heavy atom. The van der Waals surface area contributed by atoms with Crippen molar-refractivity contribution in [3.63, 3.8) is 0 Å². The second-order valence-corrected chi connectivity index (χ2v) is 3.88. The van der Waals surface area contributed by atoms with Crippen molar-refractivity contribution in [3.05, 3.63) is 59.4 Å². The molecule has 2 nitrogen and oxygen atoms in total. The number of rotatable bonds is 4. The van der Waals surface area contributed by atoms with E-state index >= 15 is 0 Å². The third-order valence-corrected chi connectivity index (χ3v) is 2.63. The maximum absolute atomic E-state index is 6.03. The van der Waals surface area contributed by atoms with Crippen molar-refractivity contribution >= 4 is 17.3 Å². The lowest BCUT2D eigenvalue weighted by Crippen LogP contribution is -2.06. The zero-order chi connectivity index (χ0) is 11.2. The van der Waals surface area contributed by atoms with E-state index in [4.69, 9.17) is 11.6 Å². The highest BCUT2D eigenvalue weighted by atomic mass is 35.5. The van der Waals surface area contributed by atoms with Gasteiger partial charge >= 0.3 is 0 Å². The zero-order valence-corrected chi connectivity index (χ0v) is 9.61. The maximum Gasteiger partial charge on any atom is 0.0637 e. The van der Waals surface area contributed by atoms with Gasteiger partial charge in [-0.3, -0.25) is 4.98 Å². The Morgan fingerprint density at radius 1 is 1.06 bits per heavy atom. The number of aromatic nitrogens is 1. The fourth-order valence-corrected chi connectivity index (χ4v) is 1.68. The Balaban J connectivity index is 1.87. The van der Waals surface area contributed by atoms with Crippen LogP contribution in [0.1, 0.15) is 5.69 Å². The van der Waals surface area contributed by atoms with Crippen LogP contribution in [0.2, 0.25) is 5.02 Å². The second kappa shape index (κ2) is 5.52. The van der Waals surface area contributed by atoms with Gasteiger partial charge in [0, 0.05) is 24.9 Å². The van der Waals surface area contributed by atoms with Gasteiger partial charge in [-0.1, -0.05) is 29.8 Å². The van der Waals surface area contributed by atoms with Crippen LogP contribution in [0.3, 0.4) is 0 Å². The highest BCUT2D eigenvalue weighted by Crippen LogP contribution is 2.20. The van der Waals surface area contributed by atoms with Gasteiger partial charge in [-0.2, -0.15) is 0 Å². The summed E-state index contributed by atoms with van der Waals surface area (Å²) in [4.78, 5) is 4.26. The van der Waals surface area contributed by atoms with Gasteiger partial charge in [-0.15, -0.1) is 0 Å². The monoisotopic (exact) mass is 232 g/mol. The topological polar surface area (TPSA) is 24.9 Å². The van der Waals surface area contributed by atoms with Gasteiger partial charge in [0.2, 0.25) is 0 Å². The van der Waals surface area contributed by atoms with Gasteiger partial charge in [0.15, 0.2) is 0 Å². The third kappa shape index (κ3) is 2.97. The first-order valence-electron chi connectivity index (χ1n) is 5.24. The number of hydrogen-bond donors (Lipinski definition) is 1. The molecule has 0 saturated heterocycles. The minimum absolute atomic E-state index is 0.753. The van der Waals surface area contributed by atoms with Crippen molar-refractivity contribution in [1.82, 2.24) is 4.98 Å². The minimum Gasteiger partial charge on any atom is -0.383 e. The van der Waals surface area contributed by atoms with Crippen molar-refractivity contribution in [2.75, 3.05) is 11.9 Å². The summed E-state index contributed by atoms with van der Waals surface area (Å²) >= 11 is 6.03. The summed E-state index contributed by atoms with van der Waals surface area (Å²) in [6.07, 6.45) is 2.71. The van der Waals surface area contributed by atoms with Crippen LogP contribution in [-0.4, -0.2) is 11.5 Å². The molecular weight excluding hydrogens is 220 g/mol. The Morgan fingerprint density at radius 3 is 2.62 bits per heavy atom. The SMILES string of the molecule is Clc1ccccc1NCCc1ccccn1. The molecule has 0 radical (unpaired) electrons. The fraction of sp³-hybridized carbons (Fsp3) is 0.154. The van der Waals surface area contributed by atoms with Gasteiger partial charge in [-0.25, -0.2) is 0 Å². The number of pyridine rings is 1. The smallest absolute Gasteiger partial charge is 0.0637 e. The number of benzene rings is 1. The quantitative estimate of drug-likeness (QED) is 0.874. The lowest BCUT2D eigenvalue weighted by molar-refractivity contribution is 0.961. The first kappa shape index (κ1) is 11.0. The summed E-state index contributed by atoms with van der Waals surface area (Å²) < 4.78 is 0. The molecule has 0 unspecified atom stereocenters. The van der Waals surface area contributed by atoms with Crippen LogP contribution < -0.4 is 5.32 Å². The van der Waals surface area contributed by atoms with Gasteiger partial charge < -0.3 is 5.32 Å². The van der Waals surface area contributed by atoms with Crippen molar-refractivity contribution in [3.8, 4) is 0 Å². The molecule has 0 saturated carbocycles. The Hall–Kier alpha value is -1.54. The van der Waals surface area contributed by atoms with Gasteiger partial charge in [0.25, 0.3) is 0 Å². The van der Waals surface area contributed by atoms with E-state index in [9.17, 15) is 0 Å². The minimum atomic E-state index is 0.753. The number of nitrogens with one attached hydrogen (secondary N) is 1. The van der Waals surface area contributed by atoms with Crippen LogP contribution in [0.4, 0.5) is 5.69 Å². The highest BCUT2D eigenvalue weighted by Gasteiger charge is 1.97. The third-order valence-electron chi connectivity index (χ3n) is 2.30. The van der Waals surface area contributed by atoms with Crippen molar-refractivity contribution in [1.29, 1.82) is 0 Å². The molecule has 16 heavy (non-hydrogen) atoms. The summed E-state index contributed by atoms with van der Waals surface area (Å²) in [7, 11) is 0. The Bertz CT molecular complexity index is 443. The van der Waals surface area contributed by atoms with E-state index in [0.717, 1.165) is 29.4 Å². The molecule has 0 atom stereocenters. The number of para-hydroxylation sites is 1. The van der Waals surface area contributed by atoms with E-state index in [-0.39, 0.29) is 0 Å². The lowest BCUT2D eigenvalue weighted by Gasteiger charge is -2.07. The summed E-state index contributed by atoms with van der Waals surface area (Å²) in [6, 6.07) is 13.7. The largest absolute Gasteiger partial charge is 0.383 e. The predicted molar refractivity (Wildman–Crippen MR) is 67.9 cm³/mol. The molecule has 0 spiro atoms. The van der Waals surface area contributed by atoms with E-state index in [1.807, 2.05) is 48.7 Å². The van der Waals surface area contributed by atoms with Gasteiger partial charge in [-0.05, 0) is 24.3 Å². The average molecular weight is 233 g/mol. The molecule has 3 heteroatoms. The van der Waals surface area contributed by atoms with E-state index in [1.54, 1.807) is 0 Å². The standard InChI is InChI=1S/C13H13ClN2/c14-12-6-1-2-7-13(12)16-10-8-11-5-3-4-9-15-11/h1-7,9,16H,8,10H2. The molecule has 2 aromatic rings. The van der Waals surface area contributed by atoms with Crippen LogP contribution in [-0.2, 0) is 6.42 Å². The van der Waals surface area contributed by atoms with Crippen LogP contribution in [0.15, 0.2) is 48.7 Å². The molecule has 1 aromatic heterocycles. The van der Waals surface area contributed by atoms with E-state index in [0.29, 0.717) is 0 Å². The molecule has 0 bridgehead atoms. The van der Waals surface area contributed by atoms with Gasteiger partial charge in [0.05, 0.1) is 10.7 Å². The predicted octanol–water partition coefficient (Wildman–Crippen LogP) is 3.39. The highest BCUT2D eigenvalue weighted by molar-refractivity contribution is 6.33. The van der Waals surface area contributed by atoms with Crippen LogP contribution >= 0.6 is 11.6 Å². The zero-order valence-electron chi connectivity index (χ0n) is 8.86. The first-order chi connectivity index (χ1) is 7.86. The van der Waals surface area contributed by atoms with Crippen molar-refractivity contribution in [2.24, 2.45) is 0 Å². The summed E-state index contributed by atoms with van der Waals surface area (Å²) in [5.74, 6) is 0. The van der Waals surface area contributed by atoms with E-state index < -0.39 is 0 Å². The maximum atomic E-state index is 6.03. The van der Waals surface area contributed by atoms with E-state index in [1.165, 1.54) is 0 Å². The molecule has 1 heterocycles. The number of anilines is 1. The molecule has 2 rings (SSSR count). The second-order valence-electron chi connectivity index (χ2n) is 3.48. The van der Waals surface area contributed by atoms with Crippen LogP contribution in [0.25, 0.3) is 0 Å².